The van der Waals surface area contributed by atoms with Gasteiger partial charge in [0.15, 0.2) is 0 Å². The second-order valence-electron chi connectivity index (χ2n) is 7.30. The van der Waals surface area contributed by atoms with E-state index in [0.717, 1.165) is 41.6 Å². The lowest BCUT2D eigenvalue weighted by molar-refractivity contribution is -0.134. The molecule has 0 spiro atoms. The Bertz CT molecular complexity index is 992. The molecular weight excluding hydrogens is 367 g/mol. The maximum Gasteiger partial charge on any atom is 0.227 e. The first kappa shape index (κ1) is 19.1. The summed E-state index contributed by atoms with van der Waals surface area (Å²) in [7, 11) is 0. The highest BCUT2D eigenvalue weighted by atomic mass is 19.1. The first-order valence-electron chi connectivity index (χ1n) is 9.83. The van der Waals surface area contributed by atoms with E-state index in [9.17, 15) is 9.18 Å². The van der Waals surface area contributed by atoms with Crippen molar-refractivity contribution in [1.82, 2.24) is 14.9 Å². The number of nitrogen functional groups attached to an aromatic ring is 1. The number of carbonyl (C=O) groups excluding carboxylic acids is 1. The number of hydrogen-bond donors (Lipinski definition) is 1. The van der Waals surface area contributed by atoms with Crippen LogP contribution in [0.2, 0.25) is 0 Å². The van der Waals surface area contributed by atoms with E-state index in [-0.39, 0.29) is 23.7 Å². The molecule has 0 bridgehead atoms. The molecule has 0 unspecified atom stereocenters. The van der Waals surface area contributed by atoms with E-state index in [1.807, 2.05) is 35.2 Å². The van der Waals surface area contributed by atoms with E-state index < -0.39 is 0 Å². The fraction of sp³-hybridized carbons (Fsp3) is 0.261. The molecule has 0 radical (unpaired) electrons. The first-order chi connectivity index (χ1) is 14.1. The van der Waals surface area contributed by atoms with Crippen LogP contribution in [0.3, 0.4) is 0 Å². The number of halogens is 1. The number of carbonyl (C=O) groups is 1. The summed E-state index contributed by atoms with van der Waals surface area (Å²) >= 11 is 0. The number of rotatable bonds is 4. The molecule has 5 nitrogen and oxygen atoms in total. The summed E-state index contributed by atoms with van der Waals surface area (Å²) in [6.45, 7) is 0.684. The molecule has 3 aromatic rings. The lowest BCUT2D eigenvalue weighted by Crippen LogP contribution is -2.40. The molecule has 2 heterocycles. The molecule has 1 aliphatic heterocycles. The highest BCUT2D eigenvalue weighted by Crippen LogP contribution is 2.36. The SMILES string of the molecule is Nc1ncc(-c2ccc(F)cc2)c([C@H]2CCCCN2C(=O)Cc2ccccc2)n1. The third-order valence-electron chi connectivity index (χ3n) is 5.33. The first-order valence-corrected chi connectivity index (χ1v) is 9.83. The third kappa shape index (κ3) is 4.26. The van der Waals surface area contributed by atoms with E-state index >= 15 is 0 Å². The second kappa shape index (κ2) is 8.39. The molecular formula is C23H23FN4O. The predicted molar refractivity (Wildman–Crippen MR) is 110 cm³/mol. The Morgan fingerprint density at radius 2 is 1.86 bits per heavy atom. The molecule has 29 heavy (non-hydrogen) atoms. The van der Waals surface area contributed by atoms with Crippen LogP contribution in [0.5, 0.6) is 0 Å². The van der Waals surface area contributed by atoms with Crippen LogP contribution in [-0.4, -0.2) is 27.3 Å². The number of amides is 1. The van der Waals surface area contributed by atoms with Gasteiger partial charge in [-0.15, -0.1) is 0 Å². The van der Waals surface area contributed by atoms with Crippen LogP contribution in [-0.2, 0) is 11.2 Å². The molecule has 0 aliphatic carbocycles. The van der Waals surface area contributed by atoms with E-state index in [4.69, 9.17) is 5.73 Å². The van der Waals surface area contributed by atoms with Crippen LogP contribution in [0.4, 0.5) is 10.3 Å². The summed E-state index contributed by atoms with van der Waals surface area (Å²) in [5.74, 6) is -0.0565. The van der Waals surface area contributed by atoms with E-state index in [2.05, 4.69) is 9.97 Å². The van der Waals surface area contributed by atoms with Gasteiger partial charge in [0.2, 0.25) is 11.9 Å². The van der Waals surface area contributed by atoms with Gasteiger partial charge in [0.05, 0.1) is 18.2 Å². The summed E-state index contributed by atoms with van der Waals surface area (Å²) < 4.78 is 13.4. The Labute approximate surface area is 169 Å². The Hall–Kier alpha value is -3.28. The fourth-order valence-electron chi connectivity index (χ4n) is 3.90. The van der Waals surface area contributed by atoms with Gasteiger partial charge in [-0.2, -0.15) is 0 Å². The largest absolute Gasteiger partial charge is 0.368 e. The lowest BCUT2D eigenvalue weighted by Gasteiger charge is -2.36. The molecule has 2 N–H and O–H groups in total. The highest BCUT2D eigenvalue weighted by molar-refractivity contribution is 5.80. The maximum absolute atomic E-state index is 13.4. The zero-order valence-corrected chi connectivity index (χ0v) is 16.1. The van der Waals surface area contributed by atoms with E-state index in [1.165, 1.54) is 12.1 Å². The summed E-state index contributed by atoms with van der Waals surface area (Å²) in [5, 5.41) is 0. The van der Waals surface area contributed by atoms with E-state index in [0.29, 0.717) is 13.0 Å². The zero-order valence-electron chi connectivity index (χ0n) is 16.1. The summed E-state index contributed by atoms with van der Waals surface area (Å²) in [6.07, 6.45) is 4.80. The van der Waals surface area contributed by atoms with Crippen LogP contribution < -0.4 is 5.73 Å². The smallest absolute Gasteiger partial charge is 0.227 e. The predicted octanol–water partition coefficient (Wildman–Crippen LogP) is 4.16. The minimum Gasteiger partial charge on any atom is -0.368 e. The maximum atomic E-state index is 13.4. The topological polar surface area (TPSA) is 72.1 Å². The van der Waals surface area contributed by atoms with Gasteiger partial charge >= 0.3 is 0 Å². The van der Waals surface area contributed by atoms with Crippen molar-refractivity contribution in [3.8, 4) is 11.1 Å². The molecule has 6 heteroatoms. The molecule has 1 amide bonds. The number of piperidine rings is 1. The van der Waals surface area contributed by atoms with Gasteiger partial charge in [0.1, 0.15) is 5.82 Å². The van der Waals surface area contributed by atoms with Gasteiger partial charge < -0.3 is 10.6 Å². The molecule has 148 valence electrons. The third-order valence-corrected chi connectivity index (χ3v) is 5.33. The molecule has 1 aliphatic rings. The monoisotopic (exact) mass is 390 g/mol. The van der Waals surface area contributed by atoms with E-state index in [1.54, 1.807) is 18.3 Å². The number of aromatic nitrogens is 2. The van der Waals surface area contributed by atoms with Crippen molar-refractivity contribution in [2.24, 2.45) is 0 Å². The average Bonchev–Trinajstić information content (AvgIpc) is 2.75. The number of nitrogens with two attached hydrogens (primary N) is 1. The minimum absolute atomic E-state index is 0.0724. The Morgan fingerprint density at radius 3 is 2.62 bits per heavy atom. The van der Waals surface area contributed by atoms with Gasteiger partial charge in [-0.3, -0.25) is 4.79 Å². The number of hydrogen-bond acceptors (Lipinski definition) is 4. The van der Waals surface area contributed by atoms with Crippen LogP contribution in [0.15, 0.2) is 60.8 Å². The quantitative estimate of drug-likeness (QED) is 0.726. The van der Waals surface area contributed by atoms with Crippen molar-refractivity contribution in [3.05, 3.63) is 77.9 Å². The molecule has 2 aromatic carbocycles. The molecule has 1 saturated heterocycles. The van der Waals surface area contributed by atoms with Gasteiger partial charge in [-0.1, -0.05) is 42.5 Å². The molecule has 1 fully saturated rings. The van der Waals surface area contributed by atoms with Crippen molar-refractivity contribution in [2.45, 2.75) is 31.7 Å². The number of benzene rings is 2. The van der Waals surface area contributed by atoms with Gasteiger partial charge in [0.25, 0.3) is 0 Å². The summed E-state index contributed by atoms with van der Waals surface area (Å²) in [5.41, 5.74) is 9.20. The lowest BCUT2D eigenvalue weighted by atomic mass is 9.93. The molecule has 0 saturated carbocycles. The van der Waals surface area contributed by atoms with Gasteiger partial charge in [-0.25, -0.2) is 14.4 Å². The Morgan fingerprint density at radius 1 is 1.10 bits per heavy atom. The molecule has 1 atom stereocenters. The normalized spacial score (nSPS) is 16.6. The standard InChI is InChI=1S/C23H23FN4O/c24-18-11-9-17(10-12-18)19-15-26-23(25)27-22(19)20-8-4-5-13-28(20)21(29)14-16-6-2-1-3-7-16/h1-3,6-7,9-12,15,20H,4-5,8,13-14H2,(H2,25,26,27)/t20-/m1/s1. The highest BCUT2D eigenvalue weighted by Gasteiger charge is 2.31. The second-order valence-corrected chi connectivity index (χ2v) is 7.30. The van der Waals surface area contributed by atoms with Crippen molar-refractivity contribution < 1.29 is 9.18 Å². The summed E-state index contributed by atoms with van der Waals surface area (Å²) in [6, 6.07) is 15.8. The van der Waals surface area contributed by atoms with Crippen LogP contribution in [0, 0.1) is 5.82 Å². The number of likely N-dealkylation sites (tertiary alicyclic amines) is 1. The van der Waals surface area contributed by atoms with Crippen LogP contribution >= 0.6 is 0 Å². The average molecular weight is 390 g/mol. The number of anilines is 1. The van der Waals surface area contributed by atoms with Crippen molar-refractivity contribution in [1.29, 1.82) is 0 Å². The van der Waals surface area contributed by atoms with Crippen molar-refractivity contribution in [2.75, 3.05) is 12.3 Å². The van der Waals surface area contributed by atoms with Crippen molar-refractivity contribution in [3.63, 3.8) is 0 Å². The van der Waals surface area contributed by atoms with Crippen molar-refractivity contribution >= 4 is 11.9 Å². The summed E-state index contributed by atoms with van der Waals surface area (Å²) in [4.78, 5) is 23.7. The van der Waals surface area contributed by atoms with Crippen LogP contribution in [0.25, 0.3) is 11.1 Å². The Balaban J connectivity index is 1.68. The molecule has 1 aromatic heterocycles. The zero-order chi connectivity index (χ0) is 20.2. The Kier molecular flexibility index (Phi) is 5.51. The number of nitrogens with zero attached hydrogens (tertiary/aromatic N) is 3. The van der Waals surface area contributed by atoms with Gasteiger partial charge in [-0.05, 0) is 42.5 Å². The fourth-order valence-corrected chi connectivity index (χ4v) is 3.90. The van der Waals surface area contributed by atoms with Gasteiger partial charge in [0, 0.05) is 18.3 Å². The molecule has 4 rings (SSSR count). The van der Waals surface area contributed by atoms with Crippen LogP contribution in [0.1, 0.15) is 36.6 Å². The minimum atomic E-state index is -0.302.